The van der Waals surface area contributed by atoms with Crippen molar-refractivity contribution < 1.29 is 13.2 Å². The molecule has 0 spiro atoms. The standard InChI is InChI=1S/C26H31N3O3S/c30-26(28-22-15-7-2-1-3-8-16-22)23(19-20-11-5-4-6-12-20)29-33(31,32)24-17-9-13-21-14-10-18-27-25(21)24/h4-6,9-14,17-18,22-23,29H,1-3,7-8,15-16,19H2,(H,28,30)/t23-/m0/s1. The summed E-state index contributed by atoms with van der Waals surface area (Å²) in [6.45, 7) is 0. The van der Waals surface area contributed by atoms with Gasteiger partial charge < -0.3 is 5.32 Å². The smallest absolute Gasteiger partial charge is 0.243 e. The van der Waals surface area contributed by atoms with E-state index in [1.165, 1.54) is 25.3 Å². The highest BCUT2D eigenvalue weighted by molar-refractivity contribution is 7.89. The first-order valence-corrected chi connectivity index (χ1v) is 13.2. The molecular formula is C26H31N3O3S. The van der Waals surface area contributed by atoms with E-state index in [-0.39, 0.29) is 23.3 Å². The van der Waals surface area contributed by atoms with Crippen molar-refractivity contribution in [3.63, 3.8) is 0 Å². The van der Waals surface area contributed by atoms with Gasteiger partial charge in [0.1, 0.15) is 10.9 Å². The lowest BCUT2D eigenvalue weighted by Crippen LogP contribution is -2.50. The zero-order valence-corrected chi connectivity index (χ0v) is 19.6. The molecule has 1 heterocycles. The number of sulfonamides is 1. The number of nitrogens with zero attached hydrogens (tertiary/aromatic N) is 1. The zero-order chi connectivity index (χ0) is 23.1. The molecule has 1 saturated carbocycles. The van der Waals surface area contributed by atoms with Gasteiger partial charge in [0.15, 0.2) is 0 Å². The molecule has 2 aromatic carbocycles. The highest BCUT2D eigenvalue weighted by Gasteiger charge is 2.29. The minimum atomic E-state index is -3.98. The highest BCUT2D eigenvalue weighted by Crippen LogP contribution is 2.22. The van der Waals surface area contributed by atoms with Crippen LogP contribution in [-0.2, 0) is 21.2 Å². The summed E-state index contributed by atoms with van der Waals surface area (Å²) in [5, 5.41) is 3.87. The van der Waals surface area contributed by atoms with Gasteiger partial charge >= 0.3 is 0 Å². The molecule has 0 radical (unpaired) electrons. The van der Waals surface area contributed by atoms with Crippen LogP contribution in [0.1, 0.15) is 50.5 Å². The molecule has 4 rings (SSSR count). The van der Waals surface area contributed by atoms with Crippen molar-refractivity contribution >= 4 is 26.8 Å². The van der Waals surface area contributed by atoms with Gasteiger partial charge in [-0.05, 0) is 37.0 Å². The molecule has 0 saturated heterocycles. The van der Waals surface area contributed by atoms with Gasteiger partial charge in [0.25, 0.3) is 0 Å². The summed E-state index contributed by atoms with van der Waals surface area (Å²) in [5.41, 5.74) is 1.29. The summed E-state index contributed by atoms with van der Waals surface area (Å²) in [6, 6.07) is 17.3. The molecule has 7 heteroatoms. The number of fused-ring (bicyclic) bond motifs is 1. The summed E-state index contributed by atoms with van der Waals surface area (Å²) in [6.07, 6.45) is 9.50. The topological polar surface area (TPSA) is 88.2 Å². The molecule has 0 bridgehead atoms. The Bertz CT molecular complexity index is 1170. The number of carbonyl (C=O) groups excluding carboxylic acids is 1. The molecule has 1 amide bonds. The number of carbonyl (C=O) groups is 1. The number of hydrogen-bond donors (Lipinski definition) is 2. The van der Waals surface area contributed by atoms with E-state index in [0.717, 1.165) is 36.6 Å². The molecule has 1 fully saturated rings. The number of amides is 1. The maximum Gasteiger partial charge on any atom is 0.243 e. The van der Waals surface area contributed by atoms with E-state index in [4.69, 9.17) is 0 Å². The van der Waals surface area contributed by atoms with Crippen LogP contribution < -0.4 is 10.0 Å². The van der Waals surface area contributed by atoms with Crippen molar-refractivity contribution in [2.24, 2.45) is 0 Å². The Hall–Kier alpha value is -2.77. The van der Waals surface area contributed by atoms with Gasteiger partial charge in [-0.2, -0.15) is 4.72 Å². The van der Waals surface area contributed by atoms with Gasteiger partial charge in [-0.1, -0.05) is 80.6 Å². The van der Waals surface area contributed by atoms with Gasteiger partial charge in [0.2, 0.25) is 15.9 Å². The summed E-state index contributed by atoms with van der Waals surface area (Å²) in [5.74, 6) is -0.277. The first-order valence-electron chi connectivity index (χ1n) is 11.7. The average molecular weight is 466 g/mol. The van der Waals surface area contributed by atoms with E-state index in [9.17, 15) is 13.2 Å². The Labute approximate surface area is 195 Å². The number of para-hydroxylation sites is 1. The van der Waals surface area contributed by atoms with Crippen molar-refractivity contribution in [1.29, 1.82) is 0 Å². The van der Waals surface area contributed by atoms with Crippen LogP contribution in [0.25, 0.3) is 10.9 Å². The van der Waals surface area contributed by atoms with E-state index in [2.05, 4.69) is 15.0 Å². The third-order valence-corrected chi connectivity index (χ3v) is 7.74. The van der Waals surface area contributed by atoms with Crippen LogP contribution in [0.15, 0.2) is 71.8 Å². The van der Waals surface area contributed by atoms with Crippen molar-refractivity contribution in [1.82, 2.24) is 15.0 Å². The maximum atomic E-state index is 13.4. The van der Waals surface area contributed by atoms with Gasteiger partial charge in [-0.25, -0.2) is 8.42 Å². The van der Waals surface area contributed by atoms with Crippen LogP contribution in [0, 0.1) is 0 Å². The van der Waals surface area contributed by atoms with Crippen molar-refractivity contribution in [3.8, 4) is 0 Å². The van der Waals surface area contributed by atoms with E-state index in [1.807, 2.05) is 42.5 Å². The molecule has 0 aliphatic heterocycles. The minimum absolute atomic E-state index is 0.0809. The molecule has 2 N–H and O–H groups in total. The predicted molar refractivity (Wildman–Crippen MR) is 130 cm³/mol. The minimum Gasteiger partial charge on any atom is -0.352 e. The largest absolute Gasteiger partial charge is 0.352 e. The van der Waals surface area contributed by atoms with Crippen LogP contribution >= 0.6 is 0 Å². The van der Waals surface area contributed by atoms with E-state index < -0.39 is 16.1 Å². The SMILES string of the molecule is O=C(NC1CCCCCCC1)[C@H](Cc1ccccc1)NS(=O)(=O)c1cccc2cccnc12. The first-order chi connectivity index (χ1) is 16.0. The van der Waals surface area contributed by atoms with Gasteiger partial charge in [0, 0.05) is 17.6 Å². The lowest BCUT2D eigenvalue weighted by atomic mass is 9.96. The second-order valence-electron chi connectivity index (χ2n) is 8.75. The fraction of sp³-hybridized carbons (Fsp3) is 0.385. The third-order valence-electron chi connectivity index (χ3n) is 6.23. The van der Waals surface area contributed by atoms with Crippen molar-refractivity contribution in [2.45, 2.75) is 68.3 Å². The van der Waals surface area contributed by atoms with Crippen molar-refractivity contribution in [3.05, 3.63) is 72.4 Å². The Kier molecular flexibility index (Phi) is 7.73. The molecule has 3 aromatic rings. The molecule has 174 valence electrons. The van der Waals surface area contributed by atoms with E-state index in [0.29, 0.717) is 5.52 Å². The van der Waals surface area contributed by atoms with Crippen LogP contribution in [0.5, 0.6) is 0 Å². The lowest BCUT2D eigenvalue weighted by molar-refractivity contribution is -0.123. The normalized spacial score (nSPS) is 16.6. The Morgan fingerprint density at radius 1 is 0.909 bits per heavy atom. The number of rotatable bonds is 7. The second kappa shape index (κ2) is 10.9. The summed E-state index contributed by atoms with van der Waals surface area (Å²) in [4.78, 5) is 17.7. The van der Waals surface area contributed by atoms with Gasteiger partial charge in [-0.3, -0.25) is 9.78 Å². The lowest BCUT2D eigenvalue weighted by Gasteiger charge is -2.25. The highest BCUT2D eigenvalue weighted by atomic mass is 32.2. The number of benzene rings is 2. The fourth-order valence-electron chi connectivity index (χ4n) is 4.48. The Morgan fingerprint density at radius 3 is 2.36 bits per heavy atom. The van der Waals surface area contributed by atoms with Crippen LogP contribution in [0.3, 0.4) is 0 Å². The molecule has 0 unspecified atom stereocenters. The fourth-order valence-corrected chi connectivity index (χ4v) is 5.86. The maximum absolute atomic E-state index is 13.4. The Balaban J connectivity index is 1.59. The quantitative estimate of drug-likeness (QED) is 0.543. The molecule has 33 heavy (non-hydrogen) atoms. The zero-order valence-electron chi connectivity index (χ0n) is 18.7. The first kappa shape index (κ1) is 23.4. The molecule has 6 nitrogen and oxygen atoms in total. The van der Waals surface area contributed by atoms with Gasteiger partial charge in [-0.15, -0.1) is 0 Å². The molecule has 1 aliphatic rings. The van der Waals surface area contributed by atoms with Crippen LogP contribution in [0.4, 0.5) is 0 Å². The second-order valence-corrected chi connectivity index (χ2v) is 10.4. The van der Waals surface area contributed by atoms with Crippen LogP contribution in [0.2, 0.25) is 0 Å². The van der Waals surface area contributed by atoms with Gasteiger partial charge in [0.05, 0.1) is 5.52 Å². The Morgan fingerprint density at radius 2 is 1.61 bits per heavy atom. The van der Waals surface area contributed by atoms with E-state index >= 15 is 0 Å². The monoisotopic (exact) mass is 465 g/mol. The predicted octanol–water partition coefficient (Wildman–Crippen LogP) is 4.35. The third kappa shape index (κ3) is 6.18. The number of nitrogens with one attached hydrogen (secondary N) is 2. The van der Waals surface area contributed by atoms with Crippen LogP contribution in [-0.4, -0.2) is 31.4 Å². The summed E-state index contributed by atoms with van der Waals surface area (Å²) < 4.78 is 29.5. The molecule has 1 aliphatic carbocycles. The van der Waals surface area contributed by atoms with Crippen molar-refractivity contribution in [2.75, 3.05) is 0 Å². The summed E-state index contributed by atoms with van der Waals surface area (Å²) in [7, 11) is -3.98. The number of pyridine rings is 1. The summed E-state index contributed by atoms with van der Waals surface area (Å²) >= 11 is 0. The molecule has 1 atom stereocenters. The number of aromatic nitrogens is 1. The number of hydrogen-bond acceptors (Lipinski definition) is 4. The average Bonchev–Trinajstić information content (AvgIpc) is 2.80. The van der Waals surface area contributed by atoms with E-state index in [1.54, 1.807) is 18.3 Å². The molecule has 1 aromatic heterocycles. The molecular weight excluding hydrogens is 434 g/mol.